The Balaban J connectivity index is 2.05. The molecule has 2 atom stereocenters. The van der Waals surface area contributed by atoms with Crippen LogP contribution in [0.4, 0.5) is 4.39 Å². The lowest BCUT2D eigenvalue weighted by molar-refractivity contribution is 0.276. The van der Waals surface area contributed by atoms with Gasteiger partial charge in [0, 0.05) is 6.04 Å². The molecule has 90 valence electrons. The maximum atomic E-state index is 13.9. The fourth-order valence-electron chi connectivity index (χ4n) is 3.54. The molecule has 0 saturated heterocycles. The van der Waals surface area contributed by atoms with Gasteiger partial charge in [-0.25, -0.2) is 4.39 Å². The summed E-state index contributed by atoms with van der Waals surface area (Å²) in [4.78, 5) is 0. The first-order chi connectivity index (χ1) is 8.85. The van der Waals surface area contributed by atoms with Crippen LogP contribution >= 0.6 is 0 Å². The SMILES string of the molecule is [18F]C[C@]12N[C@H](Cc3ccccc31)c1ccccc12. The number of hydrogen-bond acceptors (Lipinski definition) is 1. The van der Waals surface area contributed by atoms with Gasteiger partial charge in [0.25, 0.3) is 0 Å². The minimum Gasteiger partial charge on any atom is -0.294 e. The number of rotatable bonds is 1. The van der Waals surface area contributed by atoms with Gasteiger partial charge >= 0.3 is 0 Å². The van der Waals surface area contributed by atoms with E-state index in [1.165, 1.54) is 11.1 Å². The largest absolute Gasteiger partial charge is 0.294 e. The highest BCUT2D eigenvalue weighted by molar-refractivity contribution is 5.55. The number of benzene rings is 2. The van der Waals surface area contributed by atoms with Crippen molar-refractivity contribution in [2.24, 2.45) is 0 Å². The first kappa shape index (κ1) is 10.3. The molecular weight excluding hydrogens is 224 g/mol. The molecule has 2 bridgehead atoms. The summed E-state index contributed by atoms with van der Waals surface area (Å²) in [6.07, 6.45) is 0.953. The maximum absolute atomic E-state index is 13.9. The van der Waals surface area contributed by atoms with E-state index in [2.05, 4.69) is 29.6 Å². The van der Waals surface area contributed by atoms with E-state index < -0.39 is 12.2 Å². The maximum Gasteiger partial charge on any atom is 0.116 e. The molecule has 2 aliphatic rings. The highest BCUT2D eigenvalue weighted by atomic mass is 18.2. The Morgan fingerprint density at radius 1 is 1.06 bits per heavy atom. The molecule has 4 rings (SSSR count). The Bertz CT molecular complexity index is 609. The summed E-state index contributed by atoms with van der Waals surface area (Å²) in [6, 6.07) is 16.7. The zero-order chi connectivity index (χ0) is 12.2. The van der Waals surface area contributed by atoms with Gasteiger partial charge < -0.3 is 0 Å². The van der Waals surface area contributed by atoms with Crippen LogP contribution in [0.2, 0.25) is 0 Å². The Labute approximate surface area is 106 Å². The molecule has 2 aromatic carbocycles. The summed E-state index contributed by atoms with van der Waals surface area (Å²) in [5.41, 5.74) is 4.13. The second-order valence-electron chi connectivity index (χ2n) is 5.18. The lowest BCUT2D eigenvalue weighted by Gasteiger charge is -2.35. The summed E-state index contributed by atoms with van der Waals surface area (Å²) < 4.78 is 13.9. The van der Waals surface area contributed by atoms with Crippen LogP contribution in [0.3, 0.4) is 0 Å². The lowest BCUT2D eigenvalue weighted by Crippen LogP contribution is -2.45. The van der Waals surface area contributed by atoms with Crippen LogP contribution in [-0.4, -0.2) is 6.67 Å². The van der Waals surface area contributed by atoms with Crippen LogP contribution in [0.15, 0.2) is 48.5 Å². The van der Waals surface area contributed by atoms with E-state index in [1.54, 1.807) is 0 Å². The van der Waals surface area contributed by atoms with Crippen LogP contribution in [0.5, 0.6) is 0 Å². The third kappa shape index (κ3) is 1.09. The topological polar surface area (TPSA) is 12.0 Å². The van der Waals surface area contributed by atoms with Crippen molar-refractivity contribution in [3.05, 3.63) is 70.8 Å². The summed E-state index contributed by atoms with van der Waals surface area (Å²) >= 11 is 0. The van der Waals surface area contributed by atoms with Gasteiger partial charge in [0.1, 0.15) is 6.67 Å². The van der Waals surface area contributed by atoms with Crippen molar-refractivity contribution in [2.75, 3.05) is 6.67 Å². The molecule has 0 aliphatic carbocycles. The minimum absolute atomic E-state index is 0.256. The Kier molecular flexibility index (Phi) is 1.95. The van der Waals surface area contributed by atoms with Crippen LogP contribution in [0, 0.1) is 0 Å². The van der Waals surface area contributed by atoms with E-state index in [1.807, 2.05) is 24.3 Å². The molecule has 0 unspecified atom stereocenters. The van der Waals surface area contributed by atoms with Gasteiger partial charge in [-0.15, -0.1) is 0 Å². The van der Waals surface area contributed by atoms with E-state index in [4.69, 9.17) is 0 Å². The molecule has 0 amide bonds. The molecule has 0 spiro atoms. The fraction of sp³-hybridized carbons (Fsp3) is 0.250. The van der Waals surface area contributed by atoms with Gasteiger partial charge in [-0.3, -0.25) is 5.32 Å². The van der Waals surface area contributed by atoms with E-state index in [0.717, 1.165) is 17.5 Å². The summed E-state index contributed by atoms with van der Waals surface area (Å²) in [5, 5.41) is 3.50. The van der Waals surface area contributed by atoms with Crippen LogP contribution in [0.1, 0.15) is 28.3 Å². The molecule has 2 aliphatic heterocycles. The molecule has 1 N–H and O–H groups in total. The molecule has 2 aromatic rings. The molecule has 0 fully saturated rings. The number of halogens is 1. The Hall–Kier alpha value is -1.67. The van der Waals surface area contributed by atoms with Crippen molar-refractivity contribution in [3.8, 4) is 0 Å². The van der Waals surface area contributed by atoms with E-state index >= 15 is 0 Å². The molecule has 1 nitrogen and oxygen atoms in total. The average Bonchev–Trinajstić information content (AvgIpc) is 2.71. The lowest BCUT2D eigenvalue weighted by atomic mass is 9.82. The van der Waals surface area contributed by atoms with Gasteiger partial charge in [-0.1, -0.05) is 48.5 Å². The zero-order valence-electron chi connectivity index (χ0n) is 9.99. The quantitative estimate of drug-likeness (QED) is 0.805. The average molecular weight is 238 g/mol. The van der Waals surface area contributed by atoms with Crippen LogP contribution < -0.4 is 5.32 Å². The molecule has 2 heteroatoms. The molecular formula is C16H14FN. The van der Waals surface area contributed by atoms with Crippen molar-refractivity contribution in [1.29, 1.82) is 0 Å². The minimum atomic E-state index is -0.615. The van der Waals surface area contributed by atoms with Crippen molar-refractivity contribution >= 4 is 0 Å². The normalized spacial score (nSPS) is 27.7. The number of nitrogens with one attached hydrogen (secondary N) is 1. The van der Waals surface area contributed by atoms with Gasteiger partial charge in [0.15, 0.2) is 0 Å². The molecule has 2 heterocycles. The number of hydrogen-bond donors (Lipinski definition) is 1. The van der Waals surface area contributed by atoms with E-state index in [-0.39, 0.29) is 6.04 Å². The predicted octanol–water partition coefficient (Wildman–Crippen LogP) is 3.10. The van der Waals surface area contributed by atoms with Gasteiger partial charge in [-0.05, 0) is 28.7 Å². The van der Waals surface area contributed by atoms with Crippen molar-refractivity contribution < 1.29 is 4.39 Å². The molecule has 0 saturated carbocycles. The van der Waals surface area contributed by atoms with E-state index in [9.17, 15) is 4.39 Å². The van der Waals surface area contributed by atoms with Crippen LogP contribution in [-0.2, 0) is 12.0 Å². The third-order valence-corrected chi connectivity index (χ3v) is 4.32. The smallest absolute Gasteiger partial charge is 0.116 e. The summed E-state index contributed by atoms with van der Waals surface area (Å²) in [5.74, 6) is 0. The summed E-state index contributed by atoms with van der Waals surface area (Å²) in [6.45, 7) is -0.391. The van der Waals surface area contributed by atoms with Crippen molar-refractivity contribution in [3.63, 3.8) is 0 Å². The second-order valence-corrected chi connectivity index (χ2v) is 5.18. The standard InChI is InChI=1S/C16H14FN/c17-10-16-13-7-3-1-5-11(13)9-15(18-16)12-6-2-4-8-14(12)16/h1-8,15,18H,9-10H2/t15-,16+/m1/s1/i17-1. The van der Waals surface area contributed by atoms with Crippen molar-refractivity contribution in [1.82, 2.24) is 5.32 Å². The second kappa shape index (κ2) is 3.42. The van der Waals surface area contributed by atoms with Gasteiger partial charge in [-0.2, -0.15) is 0 Å². The number of alkyl halides is 1. The van der Waals surface area contributed by atoms with Crippen molar-refractivity contribution in [2.45, 2.75) is 18.0 Å². The fourth-order valence-corrected chi connectivity index (χ4v) is 3.54. The Morgan fingerprint density at radius 2 is 1.78 bits per heavy atom. The highest BCUT2D eigenvalue weighted by Gasteiger charge is 2.48. The molecule has 0 aromatic heterocycles. The first-order valence-electron chi connectivity index (χ1n) is 6.36. The molecule has 0 radical (unpaired) electrons. The van der Waals surface area contributed by atoms with Gasteiger partial charge in [0.05, 0.1) is 5.54 Å². The highest BCUT2D eigenvalue weighted by Crippen LogP contribution is 2.48. The third-order valence-electron chi connectivity index (χ3n) is 4.32. The monoisotopic (exact) mass is 238 g/mol. The van der Waals surface area contributed by atoms with Gasteiger partial charge in [0.2, 0.25) is 0 Å². The zero-order valence-corrected chi connectivity index (χ0v) is 9.99. The number of fused-ring (bicyclic) bond motifs is 7. The molecule has 18 heavy (non-hydrogen) atoms. The van der Waals surface area contributed by atoms with Crippen LogP contribution in [0.25, 0.3) is 0 Å². The summed E-state index contributed by atoms with van der Waals surface area (Å²) in [7, 11) is 0. The first-order valence-corrected chi connectivity index (χ1v) is 6.36. The predicted molar refractivity (Wildman–Crippen MR) is 69.2 cm³/mol. The Morgan fingerprint density at radius 3 is 2.61 bits per heavy atom. The van der Waals surface area contributed by atoms with E-state index in [0.29, 0.717) is 0 Å².